The van der Waals surface area contributed by atoms with Gasteiger partial charge in [0.25, 0.3) is 0 Å². The first-order valence-electron chi connectivity index (χ1n) is 3.69. The van der Waals surface area contributed by atoms with Gasteiger partial charge in [-0.1, -0.05) is 0 Å². The Morgan fingerprint density at radius 2 is 2.33 bits per heavy atom. The predicted octanol–water partition coefficient (Wildman–Crippen LogP) is 2.14. The van der Waals surface area contributed by atoms with Crippen molar-refractivity contribution in [3.8, 4) is 5.75 Å². The maximum absolute atomic E-state index is 5.18. The van der Waals surface area contributed by atoms with E-state index < -0.39 is 0 Å². The summed E-state index contributed by atoms with van der Waals surface area (Å²) in [6, 6.07) is 1.92. The van der Waals surface area contributed by atoms with Crippen molar-refractivity contribution in [2.45, 2.75) is 6.92 Å². The van der Waals surface area contributed by atoms with Crippen molar-refractivity contribution >= 4 is 11.1 Å². The van der Waals surface area contributed by atoms with E-state index in [0.29, 0.717) is 5.71 Å². The Labute approximate surface area is 70.0 Å². The highest BCUT2D eigenvalue weighted by Crippen LogP contribution is 2.22. The van der Waals surface area contributed by atoms with Crippen LogP contribution < -0.4 is 4.74 Å². The van der Waals surface area contributed by atoms with Crippen molar-refractivity contribution in [2.24, 2.45) is 0 Å². The van der Waals surface area contributed by atoms with E-state index in [9.17, 15) is 0 Å². The summed E-state index contributed by atoms with van der Waals surface area (Å²) in [6.45, 7) is 1.98. The second kappa shape index (κ2) is 2.52. The Kier molecular flexibility index (Phi) is 1.50. The van der Waals surface area contributed by atoms with Gasteiger partial charge in [-0.3, -0.25) is 0 Å². The Morgan fingerprint density at radius 3 is 3.08 bits per heavy atom. The van der Waals surface area contributed by atoms with Crippen LogP contribution in [0.1, 0.15) is 5.56 Å². The fourth-order valence-electron chi connectivity index (χ4n) is 1.13. The summed E-state index contributed by atoms with van der Waals surface area (Å²) < 4.78 is 10.2. The molecule has 0 saturated carbocycles. The van der Waals surface area contributed by atoms with E-state index >= 15 is 0 Å². The van der Waals surface area contributed by atoms with Crippen LogP contribution in [-0.4, -0.2) is 12.1 Å². The van der Waals surface area contributed by atoms with Gasteiger partial charge in [-0.05, 0) is 18.6 Å². The highest BCUT2D eigenvalue weighted by Gasteiger charge is 2.03. The number of pyridine rings is 1. The van der Waals surface area contributed by atoms with Gasteiger partial charge >= 0.3 is 0 Å². The molecule has 2 heterocycles. The van der Waals surface area contributed by atoms with Gasteiger partial charge in [0.15, 0.2) is 0 Å². The maximum atomic E-state index is 5.18. The lowest BCUT2D eigenvalue weighted by Crippen LogP contribution is -1.83. The van der Waals surface area contributed by atoms with Crippen molar-refractivity contribution in [1.29, 1.82) is 0 Å². The van der Waals surface area contributed by atoms with E-state index in [-0.39, 0.29) is 0 Å². The molecule has 3 heteroatoms. The first kappa shape index (κ1) is 7.16. The third-order valence-corrected chi connectivity index (χ3v) is 1.83. The topological polar surface area (TPSA) is 35.3 Å². The van der Waals surface area contributed by atoms with E-state index in [2.05, 4.69) is 4.98 Å². The van der Waals surface area contributed by atoms with Crippen LogP contribution in [-0.2, 0) is 0 Å². The van der Waals surface area contributed by atoms with Crippen LogP contribution in [0.3, 0.4) is 0 Å². The van der Waals surface area contributed by atoms with E-state index in [0.717, 1.165) is 16.7 Å². The SMILES string of the molecule is COc1cnc2occ(C)c2c1. The Bertz CT molecular complexity index is 406. The summed E-state index contributed by atoms with van der Waals surface area (Å²) in [5.41, 5.74) is 1.74. The van der Waals surface area contributed by atoms with Crippen molar-refractivity contribution in [2.75, 3.05) is 7.11 Å². The number of hydrogen-bond donors (Lipinski definition) is 0. The summed E-state index contributed by atoms with van der Waals surface area (Å²) in [5, 5.41) is 1.01. The monoisotopic (exact) mass is 163 g/mol. The third-order valence-electron chi connectivity index (χ3n) is 1.83. The number of methoxy groups -OCH3 is 1. The number of aryl methyl sites for hydroxylation is 1. The van der Waals surface area contributed by atoms with Crippen molar-refractivity contribution in [1.82, 2.24) is 4.98 Å². The van der Waals surface area contributed by atoms with Gasteiger partial charge in [-0.15, -0.1) is 0 Å². The van der Waals surface area contributed by atoms with Gasteiger partial charge < -0.3 is 9.15 Å². The smallest absolute Gasteiger partial charge is 0.226 e. The third kappa shape index (κ3) is 0.942. The second-order valence-electron chi connectivity index (χ2n) is 2.65. The van der Waals surface area contributed by atoms with E-state index in [1.54, 1.807) is 19.6 Å². The highest BCUT2D eigenvalue weighted by atomic mass is 16.5. The second-order valence-corrected chi connectivity index (χ2v) is 2.65. The van der Waals surface area contributed by atoms with Crippen LogP contribution in [0.2, 0.25) is 0 Å². The number of ether oxygens (including phenoxy) is 1. The summed E-state index contributed by atoms with van der Waals surface area (Å²) >= 11 is 0. The average Bonchev–Trinajstić information content (AvgIpc) is 2.47. The van der Waals surface area contributed by atoms with Gasteiger partial charge in [0, 0.05) is 5.39 Å². The van der Waals surface area contributed by atoms with E-state index in [1.807, 2.05) is 13.0 Å². The molecule has 62 valence electrons. The number of nitrogens with zero attached hydrogens (tertiary/aromatic N) is 1. The number of furan rings is 1. The quantitative estimate of drug-likeness (QED) is 0.646. The normalized spacial score (nSPS) is 10.5. The zero-order chi connectivity index (χ0) is 8.55. The molecule has 0 saturated heterocycles. The fraction of sp³-hybridized carbons (Fsp3) is 0.222. The first-order chi connectivity index (χ1) is 5.81. The van der Waals surface area contributed by atoms with Crippen molar-refractivity contribution in [3.63, 3.8) is 0 Å². The Balaban J connectivity index is 2.71. The molecule has 0 radical (unpaired) electrons. The lowest BCUT2D eigenvalue weighted by atomic mass is 10.2. The van der Waals surface area contributed by atoms with Crippen molar-refractivity contribution < 1.29 is 9.15 Å². The van der Waals surface area contributed by atoms with Gasteiger partial charge in [0.2, 0.25) is 5.71 Å². The molecule has 0 spiro atoms. The van der Waals surface area contributed by atoms with Crippen LogP contribution in [0.5, 0.6) is 5.75 Å². The molecule has 0 unspecified atom stereocenters. The molecule has 0 bridgehead atoms. The zero-order valence-electron chi connectivity index (χ0n) is 7.00. The van der Waals surface area contributed by atoms with Gasteiger partial charge in [0.05, 0.1) is 19.6 Å². The Morgan fingerprint density at radius 1 is 1.50 bits per heavy atom. The average molecular weight is 163 g/mol. The van der Waals surface area contributed by atoms with E-state index in [1.165, 1.54) is 0 Å². The molecule has 0 N–H and O–H groups in total. The number of fused-ring (bicyclic) bond motifs is 1. The zero-order valence-corrected chi connectivity index (χ0v) is 7.00. The summed E-state index contributed by atoms with van der Waals surface area (Å²) in [5.74, 6) is 0.756. The van der Waals surface area contributed by atoms with E-state index in [4.69, 9.17) is 9.15 Å². The minimum atomic E-state index is 0.660. The largest absolute Gasteiger partial charge is 0.495 e. The molecular weight excluding hydrogens is 154 g/mol. The first-order valence-corrected chi connectivity index (χ1v) is 3.69. The summed E-state index contributed by atoms with van der Waals surface area (Å²) in [6.07, 6.45) is 3.34. The van der Waals surface area contributed by atoms with Crippen LogP contribution >= 0.6 is 0 Å². The van der Waals surface area contributed by atoms with Gasteiger partial charge in [-0.25, -0.2) is 4.98 Å². The lowest BCUT2D eigenvalue weighted by Gasteiger charge is -1.96. The molecule has 0 fully saturated rings. The molecule has 0 aliphatic carbocycles. The molecule has 2 aromatic heterocycles. The maximum Gasteiger partial charge on any atom is 0.226 e. The minimum absolute atomic E-state index is 0.660. The van der Waals surface area contributed by atoms with Gasteiger partial charge in [0.1, 0.15) is 5.75 Å². The van der Waals surface area contributed by atoms with Crippen LogP contribution in [0, 0.1) is 6.92 Å². The minimum Gasteiger partial charge on any atom is -0.495 e. The molecule has 0 amide bonds. The summed E-state index contributed by atoms with van der Waals surface area (Å²) in [4.78, 5) is 4.08. The predicted molar refractivity (Wildman–Crippen MR) is 45.3 cm³/mol. The molecule has 0 aliphatic rings. The molecule has 2 aromatic rings. The molecular formula is C9H9NO2. The molecule has 2 rings (SSSR count). The molecule has 12 heavy (non-hydrogen) atoms. The molecule has 0 aromatic carbocycles. The lowest BCUT2D eigenvalue weighted by molar-refractivity contribution is 0.413. The summed E-state index contributed by atoms with van der Waals surface area (Å²) in [7, 11) is 1.62. The fourth-order valence-corrected chi connectivity index (χ4v) is 1.13. The standard InChI is InChI=1S/C9H9NO2/c1-6-5-12-9-8(6)3-7(11-2)4-10-9/h3-5H,1-2H3. The Hall–Kier alpha value is -1.51. The van der Waals surface area contributed by atoms with Crippen LogP contribution in [0.4, 0.5) is 0 Å². The number of rotatable bonds is 1. The molecule has 0 atom stereocenters. The van der Waals surface area contributed by atoms with Crippen molar-refractivity contribution in [3.05, 3.63) is 24.1 Å². The van der Waals surface area contributed by atoms with Crippen LogP contribution in [0.15, 0.2) is 22.9 Å². The molecule has 0 aliphatic heterocycles. The number of aromatic nitrogens is 1. The molecule has 3 nitrogen and oxygen atoms in total. The highest BCUT2D eigenvalue weighted by molar-refractivity contribution is 5.78. The number of hydrogen-bond acceptors (Lipinski definition) is 3. The van der Waals surface area contributed by atoms with Gasteiger partial charge in [-0.2, -0.15) is 0 Å². The van der Waals surface area contributed by atoms with Crippen LogP contribution in [0.25, 0.3) is 11.1 Å².